The first kappa shape index (κ1) is 48.2. The van der Waals surface area contributed by atoms with Gasteiger partial charge in [-0.15, -0.1) is 10.2 Å². The second-order valence-electron chi connectivity index (χ2n) is 21.5. The van der Waals surface area contributed by atoms with Gasteiger partial charge in [0.25, 0.3) is 0 Å². The van der Waals surface area contributed by atoms with Crippen molar-refractivity contribution in [2.75, 3.05) is 34.8 Å². The van der Waals surface area contributed by atoms with Gasteiger partial charge in [-0.1, -0.05) is 0 Å². The van der Waals surface area contributed by atoms with E-state index in [2.05, 4.69) is 104 Å². The molecule has 20 nitrogen and oxygen atoms in total. The Morgan fingerprint density at radius 2 is 1.18 bits per heavy atom. The Hall–Kier alpha value is -6.39. The molecule has 0 amide bonds. The number of anilines is 5. The lowest BCUT2D eigenvalue weighted by molar-refractivity contribution is 0.0498. The number of hydrogen-bond acceptors (Lipinski definition) is 18. The molecule has 4 aromatic heterocycles. The van der Waals surface area contributed by atoms with E-state index in [9.17, 15) is 8.78 Å². The van der Waals surface area contributed by atoms with Crippen LogP contribution in [0, 0.1) is 11.6 Å². The third kappa shape index (κ3) is 9.72. The van der Waals surface area contributed by atoms with Crippen LogP contribution in [0.3, 0.4) is 0 Å². The van der Waals surface area contributed by atoms with Crippen molar-refractivity contribution >= 4 is 40.6 Å². The van der Waals surface area contributed by atoms with E-state index in [0.29, 0.717) is 52.5 Å². The molecule has 4 fully saturated rings. The van der Waals surface area contributed by atoms with Gasteiger partial charge in [-0.05, 0) is 189 Å². The second-order valence-corrected chi connectivity index (χ2v) is 21.8. The first-order valence-electron chi connectivity index (χ1n) is 24.3. The minimum Gasteiger partial charge on any atom is -0.478 e. The lowest BCUT2D eigenvalue weighted by atomic mass is 9.84. The van der Waals surface area contributed by atoms with Gasteiger partial charge in [-0.3, -0.25) is 9.80 Å². The maximum Gasteiger partial charge on any atom is 0.229 e. The zero-order chi connectivity index (χ0) is 50.0. The van der Waals surface area contributed by atoms with Crippen molar-refractivity contribution in [1.29, 1.82) is 0 Å². The van der Waals surface area contributed by atoms with Crippen LogP contribution in [-0.4, -0.2) is 118 Å². The molecule has 12 rings (SSSR count). The molecule has 71 heavy (non-hydrogen) atoms. The fourth-order valence-electron chi connectivity index (χ4n) is 11.5. The fraction of sp³-hybridized carbons (Fsp3) is 0.542. The van der Waals surface area contributed by atoms with Crippen LogP contribution in [0.15, 0.2) is 48.8 Å². The molecule has 6 aliphatic heterocycles. The minimum absolute atomic E-state index is 0.0754. The lowest BCUT2D eigenvalue weighted by Gasteiger charge is -2.47. The predicted molar refractivity (Wildman–Crippen MR) is 263 cm³/mol. The minimum atomic E-state index is -0.644. The number of nitrogen functional groups attached to an aromatic ring is 1. The van der Waals surface area contributed by atoms with Crippen molar-refractivity contribution in [3.8, 4) is 22.9 Å². The van der Waals surface area contributed by atoms with Gasteiger partial charge in [0.1, 0.15) is 22.9 Å². The van der Waals surface area contributed by atoms with E-state index in [1.54, 1.807) is 21.5 Å². The monoisotopic (exact) mass is 994 g/mol. The van der Waals surface area contributed by atoms with Gasteiger partial charge in [0.05, 0.1) is 12.4 Å². The van der Waals surface area contributed by atoms with Crippen molar-refractivity contribution in [1.82, 2.24) is 70.2 Å². The Morgan fingerprint density at radius 3 is 1.75 bits per heavy atom. The van der Waals surface area contributed by atoms with E-state index in [0.717, 1.165) is 49.9 Å². The van der Waals surface area contributed by atoms with E-state index in [-0.39, 0.29) is 40.1 Å². The highest BCUT2D eigenvalue weighted by atomic mass is 35.5. The molecule has 4 saturated heterocycles. The smallest absolute Gasteiger partial charge is 0.229 e. The van der Waals surface area contributed by atoms with E-state index in [4.69, 9.17) is 26.8 Å². The van der Waals surface area contributed by atoms with Crippen LogP contribution in [-0.2, 0) is 11.2 Å². The first-order valence-corrected chi connectivity index (χ1v) is 24.6. The third-order valence-electron chi connectivity index (χ3n) is 14.5. The predicted octanol–water partition coefficient (Wildman–Crippen LogP) is 7.74. The Kier molecular flexibility index (Phi) is 12.5. The highest BCUT2D eigenvalue weighted by Gasteiger charge is 2.45. The van der Waals surface area contributed by atoms with Gasteiger partial charge in [-0.25, -0.2) is 18.7 Å². The van der Waals surface area contributed by atoms with Gasteiger partial charge >= 0.3 is 0 Å². The zero-order valence-electron chi connectivity index (χ0n) is 41.3. The number of aromatic nitrogens is 12. The average Bonchev–Trinajstić information content (AvgIpc) is 4.15. The van der Waals surface area contributed by atoms with Crippen molar-refractivity contribution < 1.29 is 18.3 Å². The van der Waals surface area contributed by atoms with Crippen molar-refractivity contribution in [3.05, 3.63) is 77.4 Å². The molecule has 0 aliphatic carbocycles. The number of hydrogen-bond donors (Lipinski definition) is 4. The molecule has 0 unspecified atom stereocenters. The third-order valence-corrected chi connectivity index (χ3v) is 14.6. The molecule has 0 spiro atoms. The SMILES string of the molecule is CC1(C)C[C@H](Nc2nc(Cl)ncc2F)C[C@@H]2CCCN21.CC1(C)Oc2ccc(N)cc2-n2nnnc21.CC1(C)Oc2ccc(Nc3ncc(F)c(N[C@@H]4C[C@@H]5CCCN5C(C)(C)C4)n3)cc2-n2nnnc21. The van der Waals surface area contributed by atoms with E-state index in [1.165, 1.54) is 38.4 Å². The van der Waals surface area contributed by atoms with Crippen LogP contribution < -0.4 is 31.2 Å². The molecule has 0 radical (unpaired) electrons. The van der Waals surface area contributed by atoms with Crippen molar-refractivity contribution in [2.45, 2.75) is 153 Å². The summed E-state index contributed by atoms with van der Waals surface area (Å²) < 4.78 is 43.7. The highest BCUT2D eigenvalue weighted by molar-refractivity contribution is 6.28. The van der Waals surface area contributed by atoms with Crippen LogP contribution in [0.25, 0.3) is 11.4 Å². The zero-order valence-corrected chi connectivity index (χ0v) is 42.0. The average molecular weight is 996 g/mol. The van der Waals surface area contributed by atoms with Gasteiger partial charge in [0.2, 0.25) is 11.2 Å². The molecule has 5 N–H and O–H groups in total. The van der Waals surface area contributed by atoms with Crippen LogP contribution in [0.5, 0.6) is 11.5 Å². The molecule has 376 valence electrons. The maximum absolute atomic E-state index is 14.7. The summed E-state index contributed by atoms with van der Waals surface area (Å²) in [5.41, 5.74) is 7.64. The summed E-state index contributed by atoms with van der Waals surface area (Å²) >= 11 is 5.74. The van der Waals surface area contributed by atoms with E-state index in [1.807, 2.05) is 52.0 Å². The molecule has 6 aliphatic rings. The number of nitrogens with zero attached hydrogens (tertiary/aromatic N) is 14. The molecule has 2 aromatic carbocycles. The standard InChI is InChI=1S/C24H30FN9O.C14H20ClFN4.C10H11N5O/c1-23(2)12-15(10-16-6-5-9-33(16)23)27-20-17(25)13-26-22(29-20)28-14-7-8-19-18(11-14)34-21(30-31-32-34)24(3,4)35-19;1-14(2)7-9(6-10-4-3-5-20(10)14)18-12-11(16)8-17-13(15)19-12;1-10(2)9-12-13-14-15(9)7-5-6(11)3-4-8(7)16-10/h7-8,11,13,15-16H,5-6,9-10,12H2,1-4H3,(H2,26,27,28,29);8-10H,3-7H2,1-2H3,(H,17,18,19);3-5H,11H2,1-2H3/t15-,16+;9-,10+;/m11./s1. The maximum atomic E-state index is 14.7. The quantitative estimate of drug-likeness (QED) is 0.0924. The van der Waals surface area contributed by atoms with Gasteiger partial charge in [0.15, 0.2) is 46.1 Å². The number of benzene rings is 2. The number of piperidine rings is 2. The van der Waals surface area contributed by atoms with Crippen LogP contribution >= 0.6 is 11.6 Å². The highest BCUT2D eigenvalue weighted by Crippen LogP contribution is 2.42. The molecule has 10 heterocycles. The number of ether oxygens (including phenoxy) is 2. The number of nitrogens with one attached hydrogen (secondary N) is 3. The first-order chi connectivity index (χ1) is 33.7. The normalized spacial score (nSPS) is 23.8. The molecular formula is C48H61ClF2N18O2. The van der Waals surface area contributed by atoms with Crippen LogP contribution in [0.4, 0.5) is 37.7 Å². The summed E-state index contributed by atoms with van der Waals surface area (Å²) in [4.78, 5) is 21.4. The Bertz CT molecular complexity index is 2930. The molecule has 23 heteroatoms. The summed E-state index contributed by atoms with van der Waals surface area (Å²) in [6.45, 7) is 19.1. The Labute approximate surface area is 415 Å². The number of rotatable bonds is 6. The van der Waals surface area contributed by atoms with Gasteiger partial charge < -0.3 is 31.2 Å². The molecule has 4 atom stereocenters. The van der Waals surface area contributed by atoms with Crippen molar-refractivity contribution in [3.63, 3.8) is 0 Å². The largest absolute Gasteiger partial charge is 0.478 e. The molecule has 0 bridgehead atoms. The van der Waals surface area contributed by atoms with Crippen LogP contribution in [0.1, 0.15) is 118 Å². The summed E-state index contributed by atoms with van der Waals surface area (Å²) in [5, 5.41) is 33.5. The molecule has 6 aromatic rings. The van der Waals surface area contributed by atoms with Crippen LogP contribution in [0.2, 0.25) is 5.28 Å². The summed E-state index contributed by atoms with van der Waals surface area (Å²) in [5.74, 6) is 2.54. The number of halogens is 3. The summed E-state index contributed by atoms with van der Waals surface area (Å²) in [6.07, 6.45) is 11.2. The Balaban J connectivity index is 0.000000136. The molecular weight excluding hydrogens is 934 g/mol. The van der Waals surface area contributed by atoms with Gasteiger partial charge in [0, 0.05) is 46.6 Å². The topological polar surface area (TPSA) is 226 Å². The van der Waals surface area contributed by atoms with Crippen molar-refractivity contribution in [2.24, 2.45) is 0 Å². The number of tetrazole rings is 2. The summed E-state index contributed by atoms with van der Waals surface area (Å²) in [6, 6.07) is 12.5. The number of fused-ring (bicyclic) bond motifs is 8. The molecule has 0 saturated carbocycles. The van der Waals surface area contributed by atoms with E-state index >= 15 is 0 Å². The van der Waals surface area contributed by atoms with Gasteiger partial charge in [-0.2, -0.15) is 19.3 Å². The summed E-state index contributed by atoms with van der Waals surface area (Å²) in [7, 11) is 0. The van der Waals surface area contributed by atoms with E-state index < -0.39 is 22.8 Å². The number of nitrogens with two attached hydrogens (primary N) is 1. The Morgan fingerprint density at radius 1 is 0.676 bits per heavy atom. The lowest BCUT2D eigenvalue weighted by Crippen LogP contribution is -2.55. The second kappa shape index (κ2) is 18.3. The fourth-order valence-corrected chi connectivity index (χ4v) is 11.6.